The number of nitrogens with two attached hydrogens (primary N) is 1. The van der Waals surface area contributed by atoms with Gasteiger partial charge in [0.25, 0.3) is 5.91 Å². The summed E-state index contributed by atoms with van der Waals surface area (Å²) in [4.78, 5) is 24.8. The molecule has 3 rings (SSSR count). The number of rotatable bonds is 2. The number of benzene rings is 1. The molecule has 1 saturated heterocycles. The Balaban J connectivity index is 1.89. The first-order valence-electron chi connectivity index (χ1n) is 7.05. The fourth-order valence-electron chi connectivity index (χ4n) is 3.28. The molecule has 2 atom stereocenters. The zero-order chi connectivity index (χ0) is 17.9. The number of fused-ring (bicyclic) bond motifs is 1. The van der Waals surface area contributed by atoms with E-state index in [-0.39, 0.29) is 23.8 Å². The second-order valence-corrected chi connectivity index (χ2v) is 6.33. The monoisotopic (exact) mass is 363 g/mol. The number of nitrogens with one attached hydrogen (secondary N) is 1. The fourth-order valence-corrected chi connectivity index (χ4v) is 3.56. The Labute approximate surface area is 139 Å². The van der Waals surface area contributed by atoms with Crippen molar-refractivity contribution in [1.29, 1.82) is 0 Å². The van der Waals surface area contributed by atoms with Gasteiger partial charge in [-0.25, -0.2) is 4.79 Å². The molecule has 1 saturated carbocycles. The Morgan fingerprint density at radius 3 is 2.62 bits per heavy atom. The van der Waals surface area contributed by atoms with Crippen LogP contribution in [-0.4, -0.2) is 34.1 Å². The molecule has 130 valence electrons. The lowest BCUT2D eigenvalue weighted by Gasteiger charge is -2.25. The van der Waals surface area contributed by atoms with Gasteiger partial charge < -0.3 is 16.2 Å². The molecule has 1 aromatic rings. The van der Waals surface area contributed by atoms with Gasteiger partial charge in [0, 0.05) is 6.54 Å². The first-order valence-corrected chi connectivity index (χ1v) is 7.43. The predicted molar refractivity (Wildman–Crippen MR) is 79.7 cm³/mol. The number of carboxylic acid groups (broad SMARTS) is 1. The highest BCUT2D eigenvalue weighted by Crippen LogP contribution is 2.56. The maximum atomic E-state index is 12.9. The summed E-state index contributed by atoms with van der Waals surface area (Å²) in [6.45, 7) is 0.220. The van der Waals surface area contributed by atoms with Crippen molar-refractivity contribution < 1.29 is 27.9 Å². The van der Waals surface area contributed by atoms with E-state index in [4.69, 9.17) is 17.3 Å². The number of hydrogen-bond donors (Lipinski definition) is 3. The van der Waals surface area contributed by atoms with Crippen LogP contribution in [0.3, 0.4) is 0 Å². The van der Waals surface area contributed by atoms with Crippen LogP contribution < -0.4 is 11.1 Å². The minimum atomic E-state index is -4.70. The Morgan fingerprint density at radius 1 is 1.42 bits per heavy atom. The van der Waals surface area contributed by atoms with Gasteiger partial charge in [-0.1, -0.05) is 11.6 Å². The largest absolute Gasteiger partial charge is 0.465 e. The summed E-state index contributed by atoms with van der Waals surface area (Å²) in [5.41, 5.74) is 2.93. The molecular formula is C14H13ClF3N3O3. The van der Waals surface area contributed by atoms with Gasteiger partial charge in [0.1, 0.15) is 5.54 Å². The third-order valence-electron chi connectivity index (χ3n) is 4.57. The van der Waals surface area contributed by atoms with E-state index >= 15 is 0 Å². The van der Waals surface area contributed by atoms with Gasteiger partial charge >= 0.3 is 12.3 Å². The first-order chi connectivity index (χ1) is 11.1. The van der Waals surface area contributed by atoms with E-state index in [1.165, 1.54) is 0 Å². The van der Waals surface area contributed by atoms with Crippen LogP contribution in [0.15, 0.2) is 12.1 Å². The Morgan fingerprint density at radius 2 is 2.08 bits per heavy atom. The lowest BCUT2D eigenvalue weighted by molar-refractivity contribution is -0.137. The van der Waals surface area contributed by atoms with Gasteiger partial charge in [-0.2, -0.15) is 13.2 Å². The lowest BCUT2D eigenvalue weighted by Crippen LogP contribution is -2.47. The minimum Gasteiger partial charge on any atom is -0.465 e. The molecule has 2 fully saturated rings. The molecule has 1 aromatic carbocycles. The van der Waals surface area contributed by atoms with E-state index in [2.05, 4.69) is 5.32 Å². The molecule has 4 N–H and O–H groups in total. The first kappa shape index (κ1) is 16.7. The van der Waals surface area contributed by atoms with Crippen molar-refractivity contribution in [2.75, 3.05) is 17.6 Å². The Kier molecular flexibility index (Phi) is 3.59. The number of anilines is 2. The molecule has 1 heterocycles. The van der Waals surface area contributed by atoms with Gasteiger partial charge in [-0.15, -0.1) is 0 Å². The van der Waals surface area contributed by atoms with Crippen LogP contribution in [0.2, 0.25) is 5.02 Å². The molecule has 2 aliphatic rings. The average Bonchev–Trinajstić information content (AvgIpc) is 3.06. The number of likely N-dealkylation sites (tertiary alicyclic amines) is 1. The molecule has 2 amide bonds. The van der Waals surface area contributed by atoms with Crippen LogP contribution in [-0.2, 0) is 11.0 Å². The van der Waals surface area contributed by atoms with Crippen LogP contribution in [0, 0.1) is 5.92 Å². The van der Waals surface area contributed by atoms with Gasteiger partial charge in [0.05, 0.1) is 22.0 Å². The highest BCUT2D eigenvalue weighted by molar-refractivity contribution is 6.32. The Bertz CT molecular complexity index is 740. The van der Waals surface area contributed by atoms with E-state index in [0.29, 0.717) is 18.9 Å². The van der Waals surface area contributed by atoms with Gasteiger partial charge in [0.2, 0.25) is 0 Å². The van der Waals surface area contributed by atoms with Gasteiger partial charge in [-0.3, -0.25) is 9.69 Å². The fraction of sp³-hybridized carbons (Fsp3) is 0.429. The Hall–Kier alpha value is -2.16. The molecule has 10 heteroatoms. The summed E-state index contributed by atoms with van der Waals surface area (Å²) in [6.07, 6.45) is -5.04. The summed E-state index contributed by atoms with van der Waals surface area (Å²) < 4.78 is 38.8. The molecule has 0 unspecified atom stereocenters. The minimum absolute atomic E-state index is 0.121. The maximum absolute atomic E-state index is 12.9. The van der Waals surface area contributed by atoms with Crippen molar-refractivity contribution in [3.05, 3.63) is 22.7 Å². The van der Waals surface area contributed by atoms with E-state index < -0.39 is 34.3 Å². The molecular weight excluding hydrogens is 351 g/mol. The van der Waals surface area contributed by atoms with Crippen LogP contribution >= 0.6 is 11.6 Å². The van der Waals surface area contributed by atoms with Crippen LogP contribution in [0.25, 0.3) is 0 Å². The maximum Gasteiger partial charge on any atom is 0.417 e. The standard InChI is InChI=1S/C14H13ClF3N3O3/c15-8-4-9(19)10(3-7(8)14(16,17)18)20-11(22)13-5-6(13)1-2-21(13)12(23)24/h3-4,6H,1-2,5,19H2,(H,20,22)(H,23,24)/t6-,13+/m1/s1. The number of hydrogen-bond acceptors (Lipinski definition) is 3. The van der Waals surface area contributed by atoms with Crippen molar-refractivity contribution in [3.8, 4) is 0 Å². The lowest BCUT2D eigenvalue weighted by atomic mass is 10.1. The molecule has 0 bridgehead atoms. The predicted octanol–water partition coefficient (Wildman–Crippen LogP) is 3.02. The van der Waals surface area contributed by atoms with Crippen molar-refractivity contribution in [2.24, 2.45) is 5.92 Å². The van der Waals surface area contributed by atoms with Gasteiger partial charge in [-0.05, 0) is 30.9 Å². The number of piperidine rings is 1. The van der Waals surface area contributed by atoms with Crippen molar-refractivity contribution in [1.82, 2.24) is 4.90 Å². The van der Waals surface area contributed by atoms with E-state index in [1.54, 1.807) is 0 Å². The summed E-state index contributed by atoms with van der Waals surface area (Å²) in [5, 5.41) is 10.9. The van der Waals surface area contributed by atoms with E-state index in [9.17, 15) is 27.9 Å². The van der Waals surface area contributed by atoms with Crippen molar-refractivity contribution in [3.63, 3.8) is 0 Å². The molecule has 1 aliphatic carbocycles. The number of carbonyl (C=O) groups is 2. The van der Waals surface area contributed by atoms with Crippen LogP contribution in [0.4, 0.5) is 29.3 Å². The number of nitrogens with zero attached hydrogens (tertiary/aromatic N) is 1. The second kappa shape index (κ2) is 5.17. The molecule has 0 radical (unpaired) electrons. The van der Waals surface area contributed by atoms with E-state index in [0.717, 1.165) is 11.0 Å². The summed E-state index contributed by atoms with van der Waals surface area (Å²) in [6, 6.07) is 1.56. The van der Waals surface area contributed by atoms with Crippen molar-refractivity contribution >= 4 is 35.0 Å². The quantitative estimate of drug-likeness (QED) is 0.704. The summed E-state index contributed by atoms with van der Waals surface area (Å²) >= 11 is 5.55. The molecule has 1 aliphatic heterocycles. The molecule has 0 spiro atoms. The van der Waals surface area contributed by atoms with Crippen molar-refractivity contribution in [2.45, 2.75) is 24.6 Å². The number of carbonyl (C=O) groups excluding carboxylic acids is 1. The highest BCUT2D eigenvalue weighted by atomic mass is 35.5. The normalized spacial score (nSPS) is 25.3. The SMILES string of the molecule is Nc1cc(Cl)c(C(F)(F)F)cc1NC(=O)[C@]12C[C@H]1CCN2C(=O)O. The highest BCUT2D eigenvalue weighted by Gasteiger charge is 2.68. The molecule has 0 aromatic heterocycles. The summed E-state index contributed by atoms with van der Waals surface area (Å²) in [5.74, 6) is -0.793. The molecule has 6 nitrogen and oxygen atoms in total. The van der Waals surface area contributed by atoms with Gasteiger partial charge in [0.15, 0.2) is 0 Å². The molecule has 24 heavy (non-hydrogen) atoms. The smallest absolute Gasteiger partial charge is 0.417 e. The van der Waals surface area contributed by atoms with E-state index in [1.807, 2.05) is 0 Å². The number of amides is 2. The van der Waals surface area contributed by atoms with Crippen LogP contribution in [0.5, 0.6) is 0 Å². The zero-order valence-corrected chi connectivity index (χ0v) is 12.9. The van der Waals surface area contributed by atoms with Crippen LogP contribution in [0.1, 0.15) is 18.4 Å². The zero-order valence-electron chi connectivity index (χ0n) is 12.2. The number of halogens is 4. The average molecular weight is 364 g/mol. The second-order valence-electron chi connectivity index (χ2n) is 5.92. The third-order valence-corrected chi connectivity index (χ3v) is 4.89. The number of alkyl halides is 3. The summed E-state index contributed by atoms with van der Waals surface area (Å²) in [7, 11) is 0. The topological polar surface area (TPSA) is 95.7 Å². The third kappa shape index (κ3) is 2.43. The number of nitrogen functional groups attached to an aromatic ring is 1.